The van der Waals surface area contributed by atoms with Gasteiger partial charge in [0.05, 0.1) is 0 Å². The summed E-state index contributed by atoms with van der Waals surface area (Å²) in [6.07, 6.45) is 2.53. The highest BCUT2D eigenvalue weighted by Gasteiger charge is 2.49. The van der Waals surface area contributed by atoms with Crippen LogP contribution in [0.3, 0.4) is 0 Å². The quantitative estimate of drug-likeness (QED) is 0.523. The minimum atomic E-state index is -1.85. The minimum Gasteiger partial charge on any atom is -0.390 e. The second kappa shape index (κ2) is 2.70. The molecule has 0 saturated heterocycles. The van der Waals surface area contributed by atoms with E-state index in [1.54, 1.807) is 14.2 Å². The number of hydrogen-bond acceptors (Lipinski definition) is 2. The van der Waals surface area contributed by atoms with Crippen LogP contribution < -0.4 is 0 Å². The van der Waals surface area contributed by atoms with E-state index in [0.29, 0.717) is 5.54 Å². The molecule has 0 bridgehead atoms. The number of rotatable bonds is 3. The van der Waals surface area contributed by atoms with Gasteiger partial charge in [-0.25, -0.2) is 0 Å². The van der Waals surface area contributed by atoms with Crippen LogP contribution in [0.2, 0.25) is 5.54 Å². The predicted octanol–water partition coefficient (Wildman–Crippen LogP) is 1.78. The highest BCUT2D eigenvalue weighted by atomic mass is 79.9. The van der Waals surface area contributed by atoms with E-state index in [1.165, 1.54) is 12.8 Å². The van der Waals surface area contributed by atoms with E-state index >= 15 is 0 Å². The van der Waals surface area contributed by atoms with Crippen LogP contribution in [0.5, 0.6) is 0 Å². The van der Waals surface area contributed by atoms with Gasteiger partial charge in [0.2, 0.25) is 0 Å². The first-order valence-corrected chi connectivity index (χ1v) is 7.17. The Kier molecular flexibility index (Phi) is 2.31. The highest BCUT2D eigenvalue weighted by molar-refractivity contribution is 9.25. The Labute approximate surface area is 64.4 Å². The van der Waals surface area contributed by atoms with Crippen molar-refractivity contribution in [1.82, 2.24) is 0 Å². The average Bonchev–Trinajstić information content (AvgIpc) is 2.68. The maximum absolute atomic E-state index is 5.24. The van der Waals surface area contributed by atoms with Crippen LogP contribution in [-0.2, 0) is 8.85 Å². The molecule has 0 aromatic carbocycles. The Morgan fingerprint density at radius 2 is 1.78 bits per heavy atom. The largest absolute Gasteiger partial charge is 0.416 e. The second-order valence-electron chi connectivity index (χ2n) is 2.26. The molecule has 2 nitrogen and oxygen atoms in total. The molecule has 0 spiro atoms. The Hall–Kier alpha value is 0.617. The van der Waals surface area contributed by atoms with Crippen LogP contribution in [0.25, 0.3) is 0 Å². The zero-order chi connectivity index (χ0) is 6.91. The van der Waals surface area contributed by atoms with Crippen LogP contribution in [-0.4, -0.2) is 21.4 Å². The molecule has 0 atom stereocenters. The molecule has 1 saturated carbocycles. The number of halogens is 1. The monoisotopic (exact) mass is 210 g/mol. The first-order valence-electron chi connectivity index (χ1n) is 3.02. The third kappa shape index (κ3) is 1.55. The lowest BCUT2D eigenvalue weighted by molar-refractivity contribution is 0.268. The van der Waals surface area contributed by atoms with E-state index in [-0.39, 0.29) is 0 Å². The van der Waals surface area contributed by atoms with E-state index in [9.17, 15) is 0 Å². The summed E-state index contributed by atoms with van der Waals surface area (Å²) in [4.78, 5) is 0. The molecule has 0 unspecified atom stereocenters. The van der Waals surface area contributed by atoms with Crippen LogP contribution >= 0.6 is 15.3 Å². The molecule has 1 aliphatic rings. The smallest absolute Gasteiger partial charge is 0.390 e. The summed E-state index contributed by atoms with van der Waals surface area (Å²) >= 11 is 3.50. The average molecular weight is 211 g/mol. The van der Waals surface area contributed by atoms with Gasteiger partial charge in [-0.2, -0.15) is 0 Å². The molecule has 9 heavy (non-hydrogen) atoms. The maximum Gasteiger partial charge on any atom is 0.416 e. The maximum atomic E-state index is 5.24. The first-order chi connectivity index (χ1) is 4.23. The van der Waals surface area contributed by atoms with Gasteiger partial charge in [0.1, 0.15) is 0 Å². The molecule has 0 radical (unpaired) electrons. The van der Waals surface area contributed by atoms with Crippen LogP contribution in [0, 0.1) is 0 Å². The normalized spacial score (nSPS) is 20.3. The molecule has 0 aromatic heterocycles. The molecule has 1 rings (SSSR count). The summed E-state index contributed by atoms with van der Waals surface area (Å²) in [5, 5.41) is 0. The van der Waals surface area contributed by atoms with Crippen LogP contribution in [0.1, 0.15) is 12.8 Å². The Bertz CT molecular complexity index is 101. The SMILES string of the molecule is CO[Si](Br)(OC)C1CC1. The van der Waals surface area contributed by atoms with Crippen molar-refractivity contribution in [3.8, 4) is 0 Å². The topological polar surface area (TPSA) is 18.5 Å². The van der Waals surface area contributed by atoms with Gasteiger partial charge >= 0.3 is 7.18 Å². The fourth-order valence-corrected chi connectivity index (χ4v) is 3.91. The molecule has 0 aliphatic heterocycles. The summed E-state index contributed by atoms with van der Waals surface area (Å²) in [5.74, 6) is 0. The number of hydrogen-bond donors (Lipinski definition) is 0. The molecule has 0 N–H and O–H groups in total. The Morgan fingerprint density at radius 1 is 1.33 bits per heavy atom. The van der Waals surface area contributed by atoms with Gasteiger partial charge < -0.3 is 8.85 Å². The molecule has 4 heteroatoms. The van der Waals surface area contributed by atoms with Gasteiger partial charge in [0.15, 0.2) is 0 Å². The highest BCUT2D eigenvalue weighted by Crippen LogP contribution is 2.48. The van der Waals surface area contributed by atoms with Crippen molar-refractivity contribution in [2.75, 3.05) is 14.2 Å². The minimum absolute atomic E-state index is 0.687. The van der Waals surface area contributed by atoms with Crippen LogP contribution in [0.15, 0.2) is 0 Å². The van der Waals surface area contributed by atoms with Gasteiger partial charge in [0.25, 0.3) is 0 Å². The molecule has 0 heterocycles. The van der Waals surface area contributed by atoms with E-state index < -0.39 is 7.18 Å². The lowest BCUT2D eigenvalue weighted by Gasteiger charge is -2.18. The standard InChI is InChI=1S/C5H11BrO2Si/c1-7-9(6,8-2)5-3-4-5/h5H,3-4H2,1-2H3. The molecular weight excluding hydrogens is 200 g/mol. The molecule has 54 valence electrons. The molecule has 0 amide bonds. The van der Waals surface area contributed by atoms with Gasteiger partial charge in [-0.1, -0.05) is 15.3 Å². The van der Waals surface area contributed by atoms with Gasteiger partial charge in [-0.3, -0.25) is 0 Å². The molecular formula is C5H11BrO2Si. The van der Waals surface area contributed by atoms with E-state index in [0.717, 1.165) is 0 Å². The van der Waals surface area contributed by atoms with Crippen molar-refractivity contribution in [2.45, 2.75) is 18.4 Å². The lowest BCUT2D eigenvalue weighted by Crippen LogP contribution is -2.32. The zero-order valence-corrected chi connectivity index (χ0v) is 8.27. The summed E-state index contributed by atoms with van der Waals surface area (Å²) in [6, 6.07) is 0. The van der Waals surface area contributed by atoms with E-state index in [1.807, 2.05) is 0 Å². The third-order valence-electron chi connectivity index (χ3n) is 1.62. The van der Waals surface area contributed by atoms with E-state index in [2.05, 4.69) is 15.3 Å². The second-order valence-corrected chi connectivity index (χ2v) is 8.38. The summed E-state index contributed by atoms with van der Waals surface area (Å²) in [6.45, 7) is 0. The van der Waals surface area contributed by atoms with E-state index in [4.69, 9.17) is 8.85 Å². The molecule has 0 aromatic rings. The lowest BCUT2D eigenvalue weighted by atomic mass is 11.0. The summed E-state index contributed by atoms with van der Waals surface area (Å²) in [7, 11) is 1.57. The fraction of sp³-hybridized carbons (Fsp3) is 1.00. The Morgan fingerprint density at radius 3 is 1.89 bits per heavy atom. The van der Waals surface area contributed by atoms with Gasteiger partial charge in [-0.05, 0) is 12.8 Å². The Balaban J connectivity index is 2.43. The van der Waals surface area contributed by atoms with Crippen molar-refractivity contribution < 1.29 is 8.85 Å². The zero-order valence-electron chi connectivity index (χ0n) is 5.69. The van der Waals surface area contributed by atoms with Crippen molar-refractivity contribution in [2.24, 2.45) is 0 Å². The van der Waals surface area contributed by atoms with Crippen molar-refractivity contribution in [3.63, 3.8) is 0 Å². The summed E-state index contributed by atoms with van der Waals surface area (Å²) < 4.78 is 10.5. The third-order valence-corrected chi connectivity index (χ3v) is 8.17. The van der Waals surface area contributed by atoms with Gasteiger partial charge in [0, 0.05) is 19.8 Å². The van der Waals surface area contributed by atoms with Crippen LogP contribution in [0.4, 0.5) is 0 Å². The first kappa shape index (κ1) is 7.72. The molecule has 1 aliphatic carbocycles. The van der Waals surface area contributed by atoms with Crippen molar-refractivity contribution >= 4 is 22.5 Å². The van der Waals surface area contributed by atoms with Crippen molar-refractivity contribution in [1.29, 1.82) is 0 Å². The fourth-order valence-electron chi connectivity index (χ4n) is 0.845. The summed E-state index contributed by atoms with van der Waals surface area (Å²) in [5.41, 5.74) is 0.687. The predicted molar refractivity (Wildman–Crippen MR) is 41.7 cm³/mol. The molecule has 1 fully saturated rings. The van der Waals surface area contributed by atoms with Crippen molar-refractivity contribution in [3.05, 3.63) is 0 Å². The van der Waals surface area contributed by atoms with Gasteiger partial charge in [-0.15, -0.1) is 0 Å².